The number of oxime groups is 1. The zero-order chi connectivity index (χ0) is 31.4. The van der Waals surface area contributed by atoms with Crippen LogP contribution in [0, 0.1) is 11.5 Å². The summed E-state index contributed by atoms with van der Waals surface area (Å²) in [6.07, 6.45) is 5.61. The molecule has 2 atom stereocenters. The molecular weight excluding hydrogens is 612 g/mol. The summed E-state index contributed by atoms with van der Waals surface area (Å²) in [5.41, 5.74) is 7.21. The van der Waals surface area contributed by atoms with Gasteiger partial charge < -0.3 is 25.8 Å². The van der Waals surface area contributed by atoms with E-state index >= 15 is 0 Å². The molecule has 226 valence electrons. The van der Waals surface area contributed by atoms with E-state index in [1.165, 1.54) is 17.8 Å². The molecule has 0 unspecified atom stereocenters. The van der Waals surface area contributed by atoms with E-state index in [0.29, 0.717) is 23.3 Å². The Balaban J connectivity index is 1.29. The Bertz CT molecular complexity index is 1720. The summed E-state index contributed by atoms with van der Waals surface area (Å²) in [6.45, 7) is 2.29. The number of aromatic nitrogens is 4. The van der Waals surface area contributed by atoms with Crippen molar-refractivity contribution in [2.75, 3.05) is 18.1 Å². The number of carbonyl (C=O) groups excluding carboxylic acids is 4. The van der Waals surface area contributed by atoms with Crippen LogP contribution < -0.4 is 26.0 Å². The van der Waals surface area contributed by atoms with E-state index in [0.717, 1.165) is 16.2 Å². The number of β-lactam (4-membered cyclic amide) rings is 1. The lowest BCUT2D eigenvalue weighted by Crippen LogP contribution is -2.71. The molecule has 0 spiro atoms. The van der Waals surface area contributed by atoms with Crippen LogP contribution in [-0.4, -0.2) is 73.3 Å². The summed E-state index contributed by atoms with van der Waals surface area (Å²) < 4.78 is 1.72. The molecule has 3 amide bonds. The van der Waals surface area contributed by atoms with Gasteiger partial charge in [-0.15, -0.1) is 23.1 Å². The zero-order valence-electron chi connectivity index (χ0n) is 23.0. The first-order valence-corrected chi connectivity index (χ1v) is 15.0. The number of hydrogen-bond donors (Lipinski definition) is 4. The van der Waals surface area contributed by atoms with E-state index in [4.69, 9.17) is 15.8 Å². The lowest BCUT2D eigenvalue weighted by atomic mass is 10.0. The third kappa shape index (κ3) is 6.09. The Hall–Kier alpha value is -5.28. The van der Waals surface area contributed by atoms with Gasteiger partial charge in [0.25, 0.3) is 17.7 Å². The molecule has 1 saturated heterocycles. The molecule has 0 aromatic carbocycles. The molecular formula is C26H24N10O6S2. The van der Waals surface area contributed by atoms with Crippen LogP contribution in [0.15, 0.2) is 52.4 Å². The molecule has 16 nitrogen and oxygen atoms in total. The van der Waals surface area contributed by atoms with Gasteiger partial charge in [-0.2, -0.15) is 10.4 Å². The number of nitrogen functional groups attached to an aromatic ring is 1. The van der Waals surface area contributed by atoms with E-state index in [2.05, 4.69) is 25.7 Å². The van der Waals surface area contributed by atoms with Crippen molar-refractivity contribution in [3.63, 3.8) is 0 Å². The number of anilines is 1. The summed E-state index contributed by atoms with van der Waals surface area (Å²) in [5, 5.41) is 37.1. The molecule has 2 aliphatic heterocycles. The normalized spacial score (nSPS) is 17.8. The second kappa shape index (κ2) is 12.9. The van der Waals surface area contributed by atoms with Crippen LogP contribution in [0.2, 0.25) is 0 Å². The fourth-order valence-electron chi connectivity index (χ4n) is 4.46. The van der Waals surface area contributed by atoms with Crippen molar-refractivity contribution in [2.24, 2.45) is 5.16 Å². The van der Waals surface area contributed by atoms with Crippen LogP contribution in [0.1, 0.15) is 29.5 Å². The molecule has 3 aromatic heterocycles. The van der Waals surface area contributed by atoms with Crippen LogP contribution in [0.3, 0.4) is 0 Å². The number of carboxylic acids is 1. The van der Waals surface area contributed by atoms with Crippen LogP contribution in [0.5, 0.6) is 0 Å². The average molecular weight is 637 g/mol. The molecule has 3 aromatic rings. The van der Waals surface area contributed by atoms with E-state index in [-0.39, 0.29) is 46.8 Å². The van der Waals surface area contributed by atoms with E-state index in [1.807, 2.05) is 12.2 Å². The number of nitrogens with zero attached hydrogens (tertiary/aromatic N) is 6. The molecule has 2 aliphatic rings. The molecule has 0 saturated carbocycles. The molecule has 0 aliphatic carbocycles. The number of nitriles is 1. The maximum atomic E-state index is 13.2. The highest BCUT2D eigenvalue weighted by Gasteiger charge is 2.53. The number of carbonyl (C=O) groups is 4. The highest BCUT2D eigenvalue weighted by Crippen LogP contribution is 2.40. The summed E-state index contributed by atoms with van der Waals surface area (Å²) in [7, 11) is 0. The highest BCUT2D eigenvalue weighted by molar-refractivity contribution is 8.00. The molecule has 0 bridgehead atoms. The number of nitrogens with two attached hydrogens (primary N) is 1. The van der Waals surface area contributed by atoms with E-state index < -0.39 is 35.1 Å². The van der Waals surface area contributed by atoms with E-state index in [9.17, 15) is 24.3 Å². The third-order valence-electron chi connectivity index (χ3n) is 6.51. The maximum Gasteiger partial charge on any atom is 0.282 e. The number of fused-ring (bicyclic) bond motifs is 1. The number of rotatable bonds is 11. The number of hydrogen-bond acceptors (Lipinski definition) is 13. The second-order valence-corrected chi connectivity index (χ2v) is 11.4. The van der Waals surface area contributed by atoms with Gasteiger partial charge in [0.2, 0.25) is 0 Å². The Labute approximate surface area is 257 Å². The van der Waals surface area contributed by atoms with Gasteiger partial charge in [0.1, 0.15) is 29.4 Å². The number of H-pyrrole nitrogens is 1. The summed E-state index contributed by atoms with van der Waals surface area (Å²) in [4.78, 5) is 60.7. The van der Waals surface area contributed by atoms with Crippen molar-refractivity contribution in [3.05, 3.63) is 58.6 Å². The monoisotopic (exact) mass is 636 g/mol. The summed E-state index contributed by atoms with van der Waals surface area (Å²) in [6, 6.07) is 3.93. The number of aliphatic carboxylic acids is 1. The lowest BCUT2D eigenvalue weighted by molar-refractivity contribution is -0.689. The number of aromatic amines is 1. The van der Waals surface area contributed by atoms with Gasteiger partial charge >= 0.3 is 0 Å². The van der Waals surface area contributed by atoms with Gasteiger partial charge in [-0.1, -0.05) is 12.1 Å². The minimum absolute atomic E-state index is 0.116. The predicted molar refractivity (Wildman–Crippen MR) is 154 cm³/mol. The van der Waals surface area contributed by atoms with Gasteiger partial charge in [-0.25, -0.2) is 9.55 Å². The molecule has 0 radical (unpaired) electrons. The van der Waals surface area contributed by atoms with Gasteiger partial charge in [-0.05, 0) is 12.5 Å². The molecule has 5 rings (SSSR count). The van der Waals surface area contributed by atoms with Crippen LogP contribution in [0.4, 0.5) is 5.13 Å². The first-order chi connectivity index (χ1) is 21.2. The first-order valence-electron chi connectivity index (χ1n) is 13.1. The van der Waals surface area contributed by atoms with Gasteiger partial charge in [0, 0.05) is 34.4 Å². The summed E-state index contributed by atoms with van der Waals surface area (Å²) in [5.74, 6) is -3.17. The molecule has 44 heavy (non-hydrogen) atoms. The Kier molecular flexibility index (Phi) is 8.87. The van der Waals surface area contributed by atoms with Crippen molar-refractivity contribution in [3.8, 4) is 17.5 Å². The Morgan fingerprint density at radius 1 is 1.36 bits per heavy atom. The minimum atomic E-state index is -1.51. The van der Waals surface area contributed by atoms with Crippen LogP contribution >= 0.6 is 23.1 Å². The number of carboxylic acid groups (broad SMARTS) is 1. The topological polar surface area (TPSA) is 235 Å². The summed E-state index contributed by atoms with van der Waals surface area (Å²) >= 11 is 2.42. The predicted octanol–water partition coefficient (Wildman–Crippen LogP) is -1.15. The van der Waals surface area contributed by atoms with Gasteiger partial charge in [-0.3, -0.25) is 29.7 Å². The fraction of sp³-hybridized carbons (Fsp3) is 0.269. The molecule has 18 heteroatoms. The number of pyridine rings is 1. The molecule has 1 fully saturated rings. The maximum absolute atomic E-state index is 13.2. The van der Waals surface area contributed by atoms with Crippen molar-refractivity contribution in [1.29, 1.82) is 5.26 Å². The second-order valence-electron chi connectivity index (χ2n) is 9.44. The van der Waals surface area contributed by atoms with E-state index in [1.54, 1.807) is 40.7 Å². The standard InChI is InChI=1S/C26H24N10O6S2/c1-2-7-42-34-18(17-11-44-26(28)30-17)22(38)31-19-23(39)36-20(25(40)41)14(10-43-24(19)36)9-35-5-3-13(4-6-35)15-8-16(33-32-15)21(37)29-12-27/h3-6,8,11,19,24H,2,7,9-10H2,1H3,(H5,28,29,30,31,37,38,40,41)/b34-18-/t19-,24-/m1/s1. The Morgan fingerprint density at radius 2 is 2.14 bits per heavy atom. The number of thioether (sulfide) groups is 1. The van der Waals surface area contributed by atoms with Gasteiger partial charge in [0.15, 0.2) is 36.0 Å². The van der Waals surface area contributed by atoms with Gasteiger partial charge in [0.05, 0.1) is 17.4 Å². The minimum Gasteiger partial charge on any atom is -0.543 e. The van der Waals surface area contributed by atoms with Crippen molar-refractivity contribution >= 4 is 57.6 Å². The van der Waals surface area contributed by atoms with Crippen molar-refractivity contribution in [1.82, 2.24) is 30.7 Å². The van der Waals surface area contributed by atoms with Crippen LogP contribution in [0.25, 0.3) is 11.3 Å². The Morgan fingerprint density at radius 3 is 2.80 bits per heavy atom. The van der Waals surface area contributed by atoms with Crippen LogP contribution in [-0.2, 0) is 25.8 Å². The number of thiazole rings is 1. The SMILES string of the molecule is CCCO/N=C(\C(=O)N[C@@H]1C(=O)N2C(C(=O)[O-])=C(C[n+]3ccc(-c4cc(C(=O)NC#N)[nH]n4)cc3)CS[C@H]12)c1csc(N)n1. The smallest absolute Gasteiger partial charge is 0.282 e. The first kappa shape index (κ1) is 30.2. The fourth-order valence-corrected chi connectivity index (χ4v) is 6.35. The van der Waals surface area contributed by atoms with Crippen molar-refractivity contribution in [2.45, 2.75) is 31.3 Å². The molecule has 5 N–H and O–H groups in total. The largest absolute Gasteiger partial charge is 0.543 e. The number of amides is 3. The lowest BCUT2D eigenvalue weighted by Gasteiger charge is -2.50. The van der Waals surface area contributed by atoms with Crippen molar-refractivity contribution < 1.29 is 33.7 Å². The average Bonchev–Trinajstić information content (AvgIpc) is 3.68. The zero-order valence-corrected chi connectivity index (χ0v) is 24.6. The highest BCUT2D eigenvalue weighted by atomic mass is 32.2. The number of nitrogens with one attached hydrogen (secondary N) is 3. The quantitative estimate of drug-likeness (QED) is 0.0373. The molecule has 5 heterocycles. The third-order valence-corrected chi connectivity index (χ3v) is 8.52.